The van der Waals surface area contributed by atoms with Crippen LogP contribution in [0.15, 0.2) is 58.0 Å². The average Bonchev–Trinajstić information content (AvgIpc) is 3.06. The highest BCUT2D eigenvalue weighted by atomic mass is 16.5. The van der Waals surface area contributed by atoms with Crippen molar-refractivity contribution in [3.8, 4) is 11.5 Å². The second-order valence-electron chi connectivity index (χ2n) is 4.97. The Hall–Kier alpha value is -3.28. The highest BCUT2D eigenvalue weighted by molar-refractivity contribution is 5.97. The number of methoxy groups -OCH3 is 2. The SMILES string of the molecule is COc1cccc(/C=N\NC(=O)c2cc3cccc(OC)c3o2)c1. The Morgan fingerprint density at radius 3 is 2.75 bits per heavy atom. The van der Waals surface area contributed by atoms with Gasteiger partial charge in [-0.2, -0.15) is 5.10 Å². The number of nitrogens with zero attached hydrogens (tertiary/aromatic N) is 1. The second-order valence-corrected chi connectivity index (χ2v) is 4.97. The molecule has 0 aliphatic carbocycles. The van der Waals surface area contributed by atoms with E-state index in [4.69, 9.17) is 13.9 Å². The fraction of sp³-hybridized carbons (Fsp3) is 0.111. The molecular weight excluding hydrogens is 308 g/mol. The number of rotatable bonds is 5. The molecule has 6 heteroatoms. The van der Waals surface area contributed by atoms with E-state index in [2.05, 4.69) is 10.5 Å². The summed E-state index contributed by atoms with van der Waals surface area (Å²) in [5.74, 6) is 1.02. The van der Waals surface area contributed by atoms with Crippen LogP contribution in [0.2, 0.25) is 0 Å². The van der Waals surface area contributed by atoms with Crippen molar-refractivity contribution < 1.29 is 18.7 Å². The number of carbonyl (C=O) groups excluding carboxylic acids is 1. The Morgan fingerprint density at radius 1 is 1.12 bits per heavy atom. The number of furan rings is 1. The van der Waals surface area contributed by atoms with Crippen molar-refractivity contribution in [1.29, 1.82) is 0 Å². The van der Waals surface area contributed by atoms with E-state index in [-0.39, 0.29) is 5.76 Å². The third kappa shape index (κ3) is 3.22. The van der Waals surface area contributed by atoms with Crippen molar-refractivity contribution in [1.82, 2.24) is 5.43 Å². The first-order chi connectivity index (χ1) is 11.7. The topological polar surface area (TPSA) is 73.1 Å². The minimum Gasteiger partial charge on any atom is -0.497 e. The summed E-state index contributed by atoms with van der Waals surface area (Å²) in [5.41, 5.74) is 3.77. The molecule has 1 aromatic heterocycles. The summed E-state index contributed by atoms with van der Waals surface area (Å²) in [4.78, 5) is 12.1. The molecule has 0 fully saturated rings. The van der Waals surface area contributed by atoms with E-state index in [9.17, 15) is 4.79 Å². The first-order valence-electron chi connectivity index (χ1n) is 7.25. The van der Waals surface area contributed by atoms with Gasteiger partial charge < -0.3 is 13.9 Å². The lowest BCUT2D eigenvalue weighted by Gasteiger charge is -2.00. The van der Waals surface area contributed by atoms with Crippen molar-refractivity contribution in [2.24, 2.45) is 5.10 Å². The molecule has 2 aromatic carbocycles. The molecule has 3 aromatic rings. The minimum absolute atomic E-state index is 0.164. The molecular formula is C18H16N2O4. The lowest BCUT2D eigenvalue weighted by atomic mass is 10.2. The number of hydrogen-bond donors (Lipinski definition) is 1. The standard InChI is InChI=1S/C18H16N2O4/c1-22-14-7-3-5-12(9-14)11-19-20-18(21)16-10-13-6-4-8-15(23-2)17(13)24-16/h3-11H,1-2H3,(H,20,21)/b19-11-. The predicted octanol–water partition coefficient (Wildman–Crippen LogP) is 3.21. The van der Waals surface area contributed by atoms with Gasteiger partial charge in [-0.3, -0.25) is 4.79 Å². The van der Waals surface area contributed by atoms with Crippen LogP contribution in [0, 0.1) is 0 Å². The largest absolute Gasteiger partial charge is 0.497 e. The molecule has 122 valence electrons. The van der Waals surface area contributed by atoms with Gasteiger partial charge in [-0.1, -0.05) is 24.3 Å². The van der Waals surface area contributed by atoms with E-state index >= 15 is 0 Å². The predicted molar refractivity (Wildman–Crippen MR) is 90.8 cm³/mol. The minimum atomic E-state index is -0.438. The van der Waals surface area contributed by atoms with E-state index in [0.29, 0.717) is 11.3 Å². The van der Waals surface area contributed by atoms with Gasteiger partial charge in [-0.25, -0.2) is 5.43 Å². The molecule has 0 saturated carbocycles. The van der Waals surface area contributed by atoms with E-state index in [0.717, 1.165) is 16.7 Å². The number of para-hydroxylation sites is 1. The van der Waals surface area contributed by atoms with Crippen molar-refractivity contribution in [3.05, 3.63) is 59.9 Å². The van der Waals surface area contributed by atoms with Gasteiger partial charge in [0.05, 0.1) is 20.4 Å². The van der Waals surface area contributed by atoms with Crippen LogP contribution in [-0.4, -0.2) is 26.3 Å². The van der Waals surface area contributed by atoms with Crippen LogP contribution >= 0.6 is 0 Å². The molecule has 0 saturated heterocycles. The van der Waals surface area contributed by atoms with E-state index < -0.39 is 5.91 Å². The molecule has 24 heavy (non-hydrogen) atoms. The highest BCUT2D eigenvalue weighted by Crippen LogP contribution is 2.28. The molecule has 0 unspecified atom stereocenters. The molecule has 0 aliphatic heterocycles. The van der Waals surface area contributed by atoms with Gasteiger partial charge in [0.1, 0.15) is 5.75 Å². The van der Waals surface area contributed by atoms with Gasteiger partial charge in [0.2, 0.25) is 0 Å². The highest BCUT2D eigenvalue weighted by Gasteiger charge is 2.14. The summed E-state index contributed by atoms with van der Waals surface area (Å²) in [5, 5.41) is 4.72. The zero-order valence-electron chi connectivity index (χ0n) is 13.3. The van der Waals surface area contributed by atoms with Crippen LogP contribution in [0.3, 0.4) is 0 Å². The molecule has 1 N–H and O–H groups in total. The van der Waals surface area contributed by atoms with Crippen LogP contribution in [0.1, 0.15) is 16.1 Å². The molecule has 0 radical (unpaired) electrons. The van der Waals surface area contributed by atoms with Gasteiger partial charge >= 0.3 is 5.91 Å². The molecule has 1 heterocycles. The first-order valence-corrected chi connectivity index (χ1v) is 7.25. The smallest absolute Gasteiger partial charge is 0.307 e. The van der Waals surface area contributed by atoms with Crippen molar-refractivity contribution >= 4 is 23.1 Å². The number of fused-ring (bicyclic) bond motifs is 1. The van der Waals surface area contributed by atoms with Crippen molar-refractivity contribution in [2.45, 2.75) is 0 Å². The molecule has 3 rings (SSSR count). The molecule has 1 amide bonds. The Balaban J connectivity index is 1.74. The zero-order valence-corrected chi connectivity index (χ0v) is 13.3. The number of amides is 1. The number of benzene rings is 2. The maximum Gasteiger partial charge on any atom is 0.307 e. The summed E-state index contributed by atoms with van der Waals surface area (Å²) < 4.78 is 15.9. The van der Waals surface area contributed by atoms with Crippen LogP contribution in [0.5, 0.6) is 11.5 Å². The maximum atomic E-state index is 12.1. The van der Waals surface area contributed by atoms with E-state index in [1.54, 1.807) is 26.4 Å². The number of hydrogen-bond acceptors (Lipinski definition) is 5. The Morgan fingerprint density at radius 2 is 1.96 bits per heavy atom. The van der Waals surface area contributed by atoms with Crippen LogP contribution in [0.25, 0.3) is 11.0 Å². The summed E-state index contributed by atoms with van der Waals surface area (Å²) in [6.07, 6.45) is 1.53. The van der Waals surface area contributed by atoms with E-state index in [1.165, 1.54) is 6.21 Å². The average molecular weight is 324 g/mol. The van der Waals surface area contributed by atoms with Crippen molar-refractivity contribution in [2.75, 3.05) is 14.2 Å². The fourth-order valence-electron chi connectivity index (χ4n) is 2.25. The van der Waals surface area contributed by atoms with Gasteiger partial charge in [-0.15, -0.1) is 0 Å². The zero-order chi connectivity index (χ0) is 16.9. The number of nitrogens with one attached hydrogen (secondary N) is 1. The third-order valence-corrected chi connectivity index (χ3v) is 3.43. The van der Waals surface area contributed by atoms with Crippen molar-refractivity contribution in [3.63, 3.8) is 0 Å². The van der Waals surface area contributed by atoms with E-state index in [1.807, 2.05) is 36.4 Å². The number of hydrazone groups is 1. The molecule has 0 spiro atoms. The monoisotopic (exact) mass is 324 g/mol. The molecule has 0 atom stereocenters. The number of ether oxygens (including phenoxy) is 2. The third-order valence-electron chi connectivity index (χ3n) is 3.43. The van der Waals surface area contributed by atoms with Gasteiger partial charge in [-0.05, 0) is 29.8 Å². The summed E-state index contributed by atoms with van der Waals surface area (Å²) in [6, 6.07) is 14.4. The summed E-state index contributed by atoms with van der Waals surface area (Å²) in [6.45, 7) is 0. The fourth-order valence-corrected chi connectivity index (χ4v) is 2.25. The summed E-state index contributed by atoms with van der Waals surface area (Å²) >= 11 is 0. The Bertz CT molecular complexity index is 899. The Kier molecular flexibility index (Phi) is 4.47. The summed E-state index contributed by atoms with van der Waals surface area (Å²) in [7, 11) is 3.14. The van der Waals surface area contributed by atoms with Gasteiger partial charge in [0.15, 0.2) is 17.1 Å². The van der Waals surface area contributed by atoms with Crippen LogP contribution < -0.4 is 14.9 Å². The first kappa shape index (κ1) is 15.6. The van der Waals surface area contributed by atoms with Gasteiger partial charge in [0, 0.05) is 5.39 Å². The molecule has 0 bridgehead atoms. The van der Waals surface area contributed by atoms with Gasteiger partial charge in [0.25, 0.3) is 0 Å². The number of carbonyl (C=O) groups is 1. The normalized spacial score (nSPS) is 10.9. The molecule has 6 nitrogen and oxygen atoms in total. The van der Waals surface area contributed by atoms with Crippen LogP contribution in [-0.2, 0) is 0 Å². The lowest BCUT2D eigenvalue weighted by Crippen LogP contribution is -2.16. The van der Waals surface area contributed by atoms with Crippen LogP contribution in [0.4, 0.5) is 0 Å². The Labute approximate surface area is 138 Å². The quantitative estimate of drug-likeness (QED) is 0.578. The lowest BCUT2D eigenvalue weighted by molar-refractivity contribution is 0.0929. The maximum absolute atomic E-state index is 12.1. The molecule has 0 aliphatic rings. The second kappa shape index (κ2) is 6.87.